The highest BCUT2D eigenvalue weighted by atomic mass is 16.2. The third-order valence-electron chi connectivity index (χ3n) is 5.25. The van der Waals surface area contributed by atoms with Crippen LogP contribution in [0.2, 0.25) is 0 Å². The van der Waals surface area contributed by atoms with Gasteiger partial charge in [-0.15, -0.1) is 0 Å². The first-order valence-electron chi connectivity index (χ1n) is 9.63. The lowest BCUT2D eigenvalue weighted by Gasteiger charge is -2.36. The van der Waals surface area contributed by atoms with Crippen LogP contribution in [0.3, 0.4) is 0 Å². The zero-order valence-corrected chi connectivity index (χ0v) is 16.2. The van der Waals surface area contributed by atoms with Gasteiger partial charge in [0.25, 0.3) is 0 Å². The van der Waals surface area contributed by atoms with Crippen molar-refractivity contribution in [3.63, 3.8) is 0 Å². The van der Waals surface area contributed by atoms with Crippen LogP contribution in [0.4, 0.5) is 0 Å². The highest BCUT2D eigenvalue weighted by molar-refractivity contribution is 5.82. The maximum Gasteiger partial charge on any atom is 0.227 e. The number of hydrogen-bond donors (Lipinski definition) is 0. The monoisotopic (exact) mass is 362 g/mol. The van der Waals surface area contributed by atoms with E-state index in [0.29, 0.717) is 6.04 Å². The molecule has 1 aromatic carbocycles. The predicted molar refractivity (Wildman–Crippen MR) is 107 cm³/mol. The van der Waals surface area contributed by atoms with E-state index in [1.807, 2.05) is 56.1 Å². The minimum atomic E-state index is -0.326. The quantitative estimate of drug-likeness (QED) is 0.683. The molecule has 5 heteroatoms. The highest BCUT2D eigenvalue weighted by Gasteiger charge is 2.32. The minimum absolute atomic E-state index is 0.237. The first-order chi connectivity index (χ1) is 12.9. The molecule has 3 aromatic rings. The lowest BCUT2D eigenvalue weighted by atomic mass is 9.93. The van der Waals surface area contributed by atoms with Crippen molar-refractivity contribution < 1.29 is 4.79 Å². The van der Waals surface area contributed by atoms with Gasteiger partial charge in [0.15, 0.2) is 5.82 Å². The maximum absolute atomic E-state index is 12.6. The SMILES string of the molecule is CC(C)(C)C(=O)N1CCC(n2c(-c3ccccn3)nc3ccccc32)CC1. The van der Waals surface area contributed by atoms with Crippen molar-refractivity contribution in [2.75, 3.05) is 13.1 Å². The molecule has 1 saturated heterocycles. The van der Waals surface area contributed by atoms with Crippen molar-refractivity contribution in [2.45, 2.75) is 39.7 Å². The Morgan fingerprint density at radius 1 is 1.04 bits per heavy atom. The summed E-state index contributed by atoms with van der Waals surface area (Å²) in [6.07, 6.45) is 3.67. The van der Waals surface area contributed by atoms with Crippen molar-refractivity contribution >= 4 is 16.9 Å². The van der Waals surface area contributed by atoms with Crippen LogP contribution in [0, 0.1) is 5.41 Å². The standard InChI is InChI=1S/C22H26N4O/c1-22(2,3)21(27)25-14-11-16(12-15-25)26-19-10-5-4-8-17(19)24-20(26)18-9-6-7-13-23-18/h4-10,13,16H,11-12,14-15H2,1-3H3. The Hall–Kier alpha value is -2.69. The summed E-state index contributed by atoms with van der Waals surface area (Å²) in [4.78, 5) is 24.0. The van der Waals surface area contributed by atoms with Gasteiger partial charge in [0, 0.05) is 30.7 Å². The zero-order chi connectivity index (χ0) is 19.0. The van der Waals surface area contributed by atoms with Crippen molar-refractivity contribution in [1.29, 1.82) is 0 Å². The molecule has 0 spiro atoms. The van der Waals surface area contributed by atoms with Gasteiger partial charge in [-0.3, -0.25) is 9.78 Å². The number of fused-ring (bicyclic) bond motifs is 1. The molecule has 0 unspecified atom stereocenters. The van der Waals surface area contributed by atoms with Crippen LogP contribution in [0.5, 0.6) is 0 Å². The number of aromatic nitrogens is 3. The second-order valence-corrected chi connectivity index (χ2v) is 8.28. The van der Waals surface area contributed by atoms with E-state index in [1.165, 1.54) is 0 Å². The zero-order valence-electron chi connectivity index (χ0n) is 16.2. The van der Waals surface area contributed by atoms with E-state index in [0.717, 1.165) is 48.5 Å². The number of para-hydroxylation sites is 2. The summed E-state index contributed by atoms with van der Waals surface area (Å²) in [5.74, 6) is 1.15. The summed E-state index contributed by atoms with van der Waals surface area (Å²) in [6, 6.07) is 14.5. The van der Waals surface area contributed by atoms with Gasteiger partial charge in [0.2, 0.25) is 5.91 Å². The van der Waals surface area contributed by atoms with Gasteiger partial charge in [0.1, 0.15) is 5.69 Å². The second-order valence-electron chi connectivity index (χ2n) is 8.28. The smallest absolute Gasteiger partial charge is 0.227 e. The molecule has 1 fully saturated rings. The molecule has 1 aliphatic rings. The number of imidazole rings is 1. The number of rotatable bonds is 2. The molecule has 0 bridgehead atoms. The average molecular weight is 362 g/mol. The van der Waals surface area contributed by atoms with E-state index in [-0.39, 0.29) is 11.3 Å². The Labute approximate surface area is 160 Å². The van der Waals surface area contributed by atoms with Gasteiger partial charge < -0.3 is 9.47 Å². The Morgan fingerprint density at radius 3 is 2.41 bits per heavy atom. The van der Waals surface area contributed by atoms with Crippen LogP contribution >= 0.6 is 0 Å². The number of carbonyl (C=O) groups excluding carboxylic acids is 1. The fourth-order valence-electron chi connectivity index (χ4n) is 3.89. The van der Waals surface area contributed by atoms with Crippen molar-refractivity contribution in [1.82, 2.24) is 19.4 Å². The van der Waals surface area contributed by atoms with E-state index in [2.05, 4.69) is 27.8 Å². The lowest BCUT2D eigenvalue weighted by molar-refractivity contribution is -0.140. The van der Waals surface area contributed by atoms with Gasteiger partial charge in [-0.25, -0.2) is 4.98 Å². The second kappa shape index (κ2) is 6.80. The minimum Gasteiger partial charge on any atom is -0.342 e. The van der Waals surface area contributed by atoms with Gasteiger partial charge in [-0.05, 0) is 37.1 Å². The molecule has 3 heterocycles. The molecule has 0 radical (unpaired) electrons. The summed E-state index contributed by atoms with van der Waals surface area (Å²) in [6.45, 7) is 7.54. The molecular formula is C22H26N4O. The largest absolute Gasteiger partial charge is 0.342 e. The van der Waals surface area contributed by atoms with E-state index in [9.17, 15) is 4.79 Å². The molecule has 1 aliphatic heterocycles. The number of likely N-dealkylation sites (tertiary alicyclic amines) is 1. The summed E-state index contributed by atoms with van der Waals surface area (Å²) < 4.78 is 2.33. The normalized spacial score (nSPS) is 16.0. The van der Waals surface area contributed by atoms with E-state index < -0.39 is 0 Å². The number of pyridine rings is 1. The number of hydrogen-bond acceptors (Lipinski definition) is 3. The molecule has 2 aromatic heterocycles. The van der Waals surface area contributed by atoms with Crippen LogP contribution in [0.25, 0.3) is 22.6 Å². The summed E-state index contributed by atoms with van der Waals surface area (Å²) in [7, 11) is 0. The third kappa shape index (κ3) is 3.34. The average Bonchev–Trinajstić information content (AvgIpc) is 3.07. The Bertz CT molecular complexity index is 947. The number of nitrogens with zero attached hydrogens (tertiary/aromatic N) is 4. The molecule has 4 rings (SSSR count). The summed E-state index contributed by atoms with van der Waals surface area (Å²) in [5, 5.41) is 0. The topological polar surface area (TPSA) is 51.0 Å². The number of carbonyl (C=O) groups is 1. The maximum atomic E-state index is 12.6. The van der Waals surface area contributed by atoms with Gasteiger partial charge in [-0.1, -0.05) is 39.0 Å². The number of piperidine rings is 1. The van der Waals surface area contributed by atoms with Crippen LogP contribution < -0.4 is 0 Å². The highest BCUT2D eigenvalue weighted by Crippen LogP contribution is 2.33. The molecular weight excluding hydrogens is 336 g/mol. The van der Waals surface area contributed by atoms with Crippen LogP contribution in [-0.2, 0) is 4.79 Å². The fraction of sp³-hybridized carbons (Fsp3) is 0.409. The molecule has 0 saturated carbocycles. The van der Waals surface area contributed by atoms with Crippen molar-refractivity contribution in [2.24, 2.45) is 5.41 Å². The van der Waals surface area contributed by atoms with E-state index in [1.54, 1.807) is 0 Å². The Morgan fingerprint density at radius 2 is 1.74 bits per heavy atom. The number of benzene rings is 1. The first kappa shape index (κ1) is 17.7. The summed E-state index contributed by atoms with van der Waals surface area (Å²) in [5.41, 5.74) is 2.69. The van der Waals surface area contributed by atoms with Crippen LogP contribution in [0.15, 0.2) is 48.7 Å². The Balaban J connectivity index is 1.67. The lowest BCUT2D eigenvalue weighted by Crippen LogP contribution is -2.44. The molecule has 140 valence electrons. The van der Waals surface area contributed by atoms with Crippen LogP contribution in [0.1, 0.15) is 39.7 Å². The predicted octanol–water partition coefficient (Wildman–Crippen LogP) is 4.31. The van der Waals surface area contributed by atoms with E-state index in [4.69, 9.17) is 4.98 Å². The third-order valence-corrected chi connectivity index (χ3v) is 5.25. The molecule has 0 atom stereocenters. The molecule has 27 heavy (non-hydrogen) atoms. The molecule has 0 aliphatic carbocycles. The van der Waals surface area contributed by atoms with Gasteiger partial charge in [-0.2, -0.15) is 0 Å². The summed E-state index contributed by atoms with van der Waals surface area (Å²) >= 11 is 0. The van der Waals surface area contributed by atoms with Gasteiger partial charge >= 0.3 is 0 Å². The van der Waals surface area contributed by atoms with Crippen molar-refractivity contribution in [3.05, 3.63) is 48.7 Å². The molecule has 0 N–H and O–H groups in total. The fourth-order valence-corrected chi connectivity index (χ4v) is 3.89. The Kier molecular flexibility index (Phi) is 4.46. The number of amides is 1. The van der Waals surface area contributed by atoms with Crippen molar-refractivity contribution in [3.8, 4) is 11.5 Å². The van der Waals surface area contributed by atoms with E-state index >= 15 is 0 Å². The van der Waals surface area contributed by atoms with Gasteiger partial charge in [0.05, 0.1) is 11.0 Å². The molecule has 5 nitrogen and oxygen atoms in total. The van der Waals surface area contributed by atoms with Crippen LogP contribution in [-0.4, -0.2) is 38.4 Å². The molecule has 1 amide bonds. The first-order valence-corrected chi connectivity index (χ1v) is 9.63.